The lowest BCUT2D eigenvalue weighted by Crippen LogP contribution is -2.47. The molecule has 10 nitrogen and oxygen atoms in total. The minimum Gasteiger partial charge on any atom is -0.404 e. The number of amides is 2. The van der Waals surface area contributed by atoms with Crippen molar-refractivity contribution in [1.29, 1.82) is 0 Å². The van der Waals surface area contributed by atoms with Gasteiger partial charge in [-0.3, -0.25) is 9.59 Å². The summed E-state index contributed by atoms with van der Waals surface area (Å²) in [5.41, 5.74) is 8.34. The smallest absolute Gasteiger partial charge is 0.261 e. The van der Waals surface area contributed by atoms with Gasteiger partial charge in [0.2, 0.25) is 0 Å². The number of carbonyl (C=O) groups is 2. The zero-order valence-corrected chi connectivity index (χ0v) is 19.2. The number of carbonyl (C=O) groups excluding carboxylic acids is 2. The number of anilines is 2. The minimum absolute atomic E-state index is 0.0130. The SMILES string of the molecule is N/C=C(\C(=O)Nc1cc2c(cc1N1CCOCC1)C(=O)N([C@@H]1CCOC[C@H]1F)C2)c1ncccn1. The van der Waals surface area contributed by atoms with E-state index < -0.39 is 18.1 Å². The third-order valence-corrected chi connectivity index (χ3v) is 6.52. The normalized spacial score (nSPS) is 22.8. The number of fused-ring (bicyclic) bond motifs is 1. The topological polar surface area (TPSA) is 123 Å². The molecule has 0 unspecified atom stereocenters. The van der Waals surface area contributed by atoms with Crippen LogP contribution in [0, 0.1) is 0 Å². The highest BCUT2D eigenvalue weighted by molar-refractivity contribution is 6.25. The molecule has 3 N–H and O–H groups in total. The predicted molar refractivity (Wildman–Crippen MR) is 126 cm³/mol. The lowest BCUT2D eigenvalue weighted by molar-refractivity contribution is -0.111. The third kappa shape index (κ3) is 4.56. The first-order chi connectivity index (χ1) is 17.1. The molecule has 2 atom stereocenters. The number of morpholine rings is 1. The first kappa shape index (κ1) is 23.2. The number of nitrogens with two attached hydrogens (primary N) is 1. The average Bonchev–Trinajstić information content (AvgIpc) is 3.20. The Labute approximate surface area is 201 Å². The van der Waals surface area contributed by atoms with Crippen LogP contribution >= 0.6 is 0 Å². The Bertz CT molecular complexity index is 1140. The molecule has 5 rings (SSSR count). The molecule has 0 aliphatic carbocycles. The van der Waals surface area contributed by atoms with Crippen molar-refractivity contribution < 1.29 is 23.5 Å². The van der Waals surface area contributed by atoms with Crippen molar-refractivity contribution >= 4 is 28.8 Å². The summed E-state index contributed by atoms with van der Waals surface area (Å²) in [4.78, 5) is 38.3. The molecule has 2 aromatic rings. The number of benzene rings is 1. The van der Waals surface area contributed by atoms with Gasteiger partial charge in [0.1, 0.15) is 6.17 Å². The number of hydrogen-bond donors (Lipinski definition) is 2. The Hall–Kier alpha value is -3.57. The van der Waals surface area contributed by atoms with E-state index in [2.05, 4.69) is 20.2 Å². The van der Waals surface area contributed by atoms with Crippen molar-refractivity contribution in [2.24, 2.45) is 5.73 Å². The number of halogens is 1. The number of alkyl halides is 1. The number of hydrogen-bond acceptors (Lipinski definition) is 8. The van der Waals surface area contributed by atoms with Gasteiger partial charge in [-0.1, -0.05) is 0 Å². The molecule has 4 heterocycles. The highest BCUT2D eigenvalue weighted by Gasteiger charge is 2.39. The van der Waals surface area contributed by atoms with E-state index in [1.54, 1.807) is 23.1 Å². The molecule has 2 fully saturated rings. The minimum atomic E-state index is -1.23. The van der Waals surface area contributed by atoms with E-state index in [0.717, 1.165) is 5.56 Å². The fourth-order valence-electron chi connectivity index (χ4n) is 4.73. The Morgan fingerprint density at radius 3 is 2.66 bits per heavy atom. The maximum atomic E-state index is 14.6. The molecule has 184 valence electrons. The van der Waals surface area contributed by atoms with Crippen LogP contribution in [0.25, 0.3) is 5.57 Å². The van der Waals surface area contributed by atoms with Gasteiger partial charge in [-0.15, -0.1) is 0 Å². The highest BCUT2D eigenvalue weighted by atomic mass is 19.1. The van der Waals surface area contributed by atoms with Gasteiger partial charge in [0.25, 0.3) is 11.8 Å². The van der Waals surface area contributed by atoms with E-state index in [1.807, 2.05) is 0 Å². The van der Waals surface area contributed by atoms with Crippen LogP contribution in [-0.2, 0) is 20.8 Å². The molecule has 0 saturated carbocycles. The van der Waals surface area contributed by atoms with E-state index in [1.165, 1.54) is 18.6 Å². The first-order valence-corrected chi connectivity index (χ1v) is 11.6. The van der Waals surface area contributed by atoms with Crippen LogP contribution in [0.1, 0.15) is 28.2 Å². The number of ether oxygens (including phenoxy) is 2. The molecule has 0 spiro atoms. The standard InChI is InChI=1S/C24H27FN6O4/c25-18-14-35-7-2-20(18)31-13-15-10-19(29-23(32)17(12-26)22-27-3-1-4-28-22)21(11-16(15)24(31)33)30-5-8-34-9-6-30/h1,3-4,10-12,18,20H,2,5-9,13-14,26H2,(H,29,32)/b17-12-/t18-,20-/m1/s1. The van der Waals surface area contributed by atoms with Crippen molar-refractivity contribution in [3.63, 3.8) is 0 Å². The second kappa shape index (κ2) is 9.96. The quantitative estimate of drug-likeness (QED) is 0.612. The van der Waals surface area contributed by atoms with E-state index in [0.29, 0.717) is 56.3 Å². The van der Waals surface area contributed by atoms with Crippen LogP contribution < -0.4 is 16.0 Å². The van der Waals surface area contributed by atoms with Crippen LogP contribution in [-0.4, -0.2) is 78.4 Å². The Morgan fingerprint density at radius 2 is 1.94 bits per heavy atom. The molecule has 3 aliphatic heterocycles. The third-order valence-electron chi connectivity index (χ3n) is 6.52. The van der Waals surface area contributed by atoms with Gasteiger partial charge in [-0.05, 0) is 30.2 Å². The van der Waals surface area contributed by atoms with Gasteiger partial charge < -0.3 is 30.3 Å². The Kier molecular flexibility index (Phi) is 6.60. The number of nitrogens with one attached hydrogen (secondary N) is 1. The molecule has 0 bridgehead atoms. The van der Waals surface area contributed by atoms with Crippen molar-refractivity contribution in [3.05, 3.63) is 53.7 Å². The molecule has 0 radical (unpaired) electrons. The van der Waals surface area contributed by atoms with Crippen LogP contribution in [0.2, 0.25) is 0 Å². The number of rotatable bonds is 5. The zero-order valence-electron chi connectivity index (χ0n) is 19.2. The summed E-state index contributed by atoms with van der Waals surface area (Å²) in [5.74, 6) is -0.471. The monoisotopic (exact) mass is 482 g/mol. The second-order valence-electron chi connectivity index (χ2n) is 8.61. The predicted octanol–water partition coefficient (Wildman–Crippen LogP) is 1.33. The van der Waals surface area contributed by atoms with Crippen LogP contribution in [0.15, 0.2) is 36.8 Å². The van der Waals surface area contributed by atoms with Gasteiger partial charge in [-0.2, -0.15) is 0 Å². The summed E-state index contributed by atoms with van der Waals surface area (Å²) in [5, 5.41) is 2.93. The molecular weight excluding hydrogens is 455 g/mol. The van der Waals surface area contributed by atoms with Crippen LogP contribution in [0.3, 0.4) is 0 Å². The lowest BCUT2D eigenvalue weighted by Gasteiger charge is -2.33. The van der Waals surface area contributed by atoms with Gasteiger partial charge >= 0.3 is 0 Å². The highest BCUT2D eigenvalue weighted by Crippen LogP contribution is 2.37. The van der Waals surface area contributed by atoms with Crippen LogP contribution in [0.5, 0.6) is 0 Å². The van der Waals surface area contributed by atoms with Gasteiger partial charge in [0.05, 0.1) is 42.8 Å². The second-order valence-corrected chi connectivity index (χ2v) is 8.61. The zero-order chi connectivity index (χ0) is 24.4. The molecule has 11 heteroatoms. The maximum absolute atomic E-state index is 14.6. The summed E-state index contributed by atoms with van der Waals surface area (Å²) >= 11 is 0. The van der Waals surface area contributed by atoms with Crippen molar-refractivity contribution in [2.75, 3.05) is 49.7 Å². The molecule has 3 aliphatic rings. The van der Waals surface area contributed by atoms with E-state index in [4.69, 9.17) is 15.2 Å². The summed E-state index contributed by atoms with van der Waals surface area (Å²) in [6.07, 6.45) is 3.44. The van der Waals surface area contributed by atoms with Crippen LogP contribution in [0.4, 0.5) is 15.8 Å². The summed E-state index contributed by atoms with van der Waals surface area (Å²) in [6, 6.07) is 4.70. The van der Waals surface area contributed by atoms with Crippen molar-refractivity contribution in [3.8, 4) is 0 Å². The molecule has 1 aromatic heterocycles. The van der Waals surface area contributed by atoms with Gasteiger partial charge in [-0.25, -0.2) is 14.4 Å². The van der Waals surface area contributed by atoms with Crippen molar-refractivity contribution in [1.82, 2.24) is 14.9 Å². The van der Waals surface area contributed by atoms with Gasteiger partial charge in [0, 0.05) is 50.4 Å². The molecule has 2 saturated heterocycles. The Morgan fingerprint density at radius 1 is 1.17 bits per heavy atom. The van der Waals surface area contributed by atoms with E-state index in [9.17, 15) is 14.0 Å². The van der Waals surface area contributed by atoms with Gasteiger partial charge in [0.15, 0.2) is 5.82 Å². The summed E-state index contributed by atoms with van der Waals surface area (Å²) < 4.78 is 25.3. The fourth-order valence-corrected chi connectivity index (χ4v) is 4.73. The molecular formula is C24H27FN6O4. The Balaban J connectivity index is 1.47. The molecule has 1 aromatic carbocycles. The van der Waals surface area contributed by atoms with Crippen molar-refractivity contribution in [2.45, 2.75) is 25.2 Å². The largest absolute Gasteiger partial charge is 0.404 e. The maximum Gasteiger partial charge on any atom is 0.261 e. The van der Waals surface area contributed by atoms with E-state index >= 15 is 0 Å². The summed E-state index contributed by atoms with van der Waals surface area (Å²) in [6.45, 7) is 2.94. The lowest BCUT2D eigenvalue weighted by atomic mass is 10.1. The molecule has 35 heavy (non-hydrogen) atoms. The fraction of sp³-hybridized carbons (Fsp3) is 0.417. The number of aromatic nitrogens is 2. The molecule has 2 amide bonds. The summed E-state index contributed by atoms with van der Waals surface area (Å²) in [7, 11) is 0. The average molecular weight is 483 g/mol. The van der Waals surface area contributed by atoms with E-state index in [-0.39, 0.29) is 30.5 Å². The number of nitrogens with zero attached hydrogens (tertiary/aromatic N) is 4. The first-order valence-electron chi connectivity index (χ1n) is 11.6.